The summed E-state index contributed by atoms with van der Waals surface area (Å²) < 4.78 is 0. The fourth-order valence-electron chi connectivity index (χ4n) is 1.58. The summed E-state index contributed by atoms with van der Waals surface area (Å²) in [5.74, 6) is -0.651. The standard InChI is InChI=1S/C13H11NO3/c15-9-1-2-10-3-5-11(6-4-10)14-12(16)7-8-13(14)17/h1-8,15H,9H2. The highest BCUT2D eigenvalue weighted by Crippen LogP contribution is 2.19. The Bertz CT molecular complexity index is 482. The fourth-order valence-corrected chi connectivity index (χ4v) is 1.58. The third kappa shape index (κ3) is 2.32. The highest BCUT2D eigenvalue weighted by atomic mass is 16.2. The lowest BCUT2D eigenvalue weighted by Gasteiger charge is -2.13. The maximum absolute atomic E-state index is 11.4. The van der Waals surface area contributed by atoms with E-state index in [2.05, 4.69) is 0 Å². The van der Waals surface area contributed by atoms with Crippen LogP contribution in [0.5, 0.6) is 0 Å². The van der Waals surface area contributed by atoms with E-state index in [1.54, 1.807) is 36.4 Å². The quantitative estimate of drug-likeness (QED) is 0.790. The van der Waals surface area contributed by atoms with Gasteiger partial charge in [0.05, 0.1) is 12.3 Å². The monoisotopic (exact) mass is 229 g/mol. The molecular formula is C13H11NO3. The second-order valence-electron chi connectivity index (χ2n) is 3.52. The molecule has 1 aliphatic rings. The zero-order valence-corrected chi connectivity index (χ0v) is 9.04. The van der Waals surface area contributed by atoms with Gasteiger partial charge in [0.15, 0.2) is 0 Å². The summed E-state index contributed by atoms with van der Waals surface area (Å²) in [6.07, 6.45) is 5.88. The van der Waals surface area contributed by atoms with Crippen molar-refractivity contribution in [2.24, 2.45) is 0 Å². The lowest BCUT2D eigenvalue weighted by atomic mass is 10.2. The normalized spacial score (nSPS) is 15.2. The van der Waals surface area contributed by atoms with Crippen molar-refractivity contribution in [3.8, 4) is 0 Å². The predicted octanol–water partition coefficient (Wildman–Crippen LogP) is 1.12. The molecule has 4 heteroatoms. The second kappa shape index (κ2) is 4.76. The summed E-state index contributed by atoms with van der Waals surface area (Å²) in [5, 5.41) is 8.63. The van der Waals surface area contributed by atoms with Gasteiger partial charge >= 0.3 is 0 Å². The van der Waals surface area contributed by atoms with Crippen molar-refractivity contribution in [2.45, 2.75) is 0 Å². The van der Waals surface area contributed by atoms with Gasteiger partial charge in [-0.05, 0) is 17.7 Å². The predicted molar refractivity (Wildman–Crippen MR) is 64.2 cm³/mol. The van der Waals surface area contributed by atoms with Gasteiger partial charge in [-0.3, -0.25) is 9.59 Å². The second-order valence-corrected chi connectivity index (χ2v) is 3.52. The average molecular weight is 229 g/mol. The first-order valence-electron chi connectivity index (χ1n) is 5.16. The Morgan fingerprint density at radius 2 is 1.65 bits per heavy atom. The number of aliphatic hydroxyl groups is 1. The summed E-state index contributed by atoms with van der Waals surface area (Å²) in [7, 11) is 0. The minimum Gasteiger partial charge on any atom is -0.392 e. The first-order valence-corrected chi connectivity index (χ1v) is 5.16. The Morgan fingerprint density at radius 3 is 2.18 bits per heavy atom. The summed E-state index contributed by atoms with van der Waals surface area (Å²) in [4.78, 5) is 23.9. The Morgan fingerprint density at radius 1 is 1.06 bits per heavy atom. The number of nitrogens with zero attached hydrogens (tertiary/aromatic N) is 1. The molecule has 0 fully saturated rings. The Balaban J connectivity index is 2.21. The van der Waals surface area contributed by atoms with Gasteiger partial charge in [0.1, 0.15) is 0 Å². The largest absolute Gasteiger partial charge is 0.392 e. The summed E-state index contributed by atoms with van der Waals surface area (Å²) in [6, 6.07) is 6.94. The third-order valence-electron chi connectivity index (χ3n) is 2.38. The summed E-state index contributed by atoms with van der Waals surface area (Å²) in [5.41, 5.74) is 1.45. The van der Waals surface area contributed by atoms with Crippen LogP contribution in [0, 0.1) is 0 Å². The lowest BCUT2D eigenvalue weighted by molar-refractivity contribution is -0.119. The maximum atomic E-state index is 11.4. The number of hydrogen-bond acceptors (Lipinski definition) is 3. The van der Waals surface area contributed by atoms with Gasteiger partial charge in [0.25, 0.3) is 11.8 Å². The highest BCUT2D eigenvalue weighted by molar-refractivity contribution is 6.28. The molecule has 2 amide bonds. The molecule has 86 valence electrons. The van der Waals surface area contributed by atoms with Crippen LogP contribution in [0.1, 0.15) is 5.56 Å². The number of carbonyl (C=O) groups is 2. The SMILES string of the molecule is O=C1C=CC(=O)N1c1ccc(C=CCO)cc1. The number of benzene rings is 1. The molecule has 4 nitrogen and oxygen atoms in total. The zero-order valence-electron chi connectivity index (χ0n) is 9.04. The number of anilines is 1. The first-order chi connectivity index (χ1) is 8.22. The minimum atomic E-state index is -0.325. The molecule has 17 heavy (non-hydrogen) atoms. The smallest absolute Gasteiger partial charge is 0.258 e. The van der Waals surface area contributed by atoms with E-state index in [1.165, 1.54) is 12.2 Å². The molecule has 1 aromatic rings. The van der Waals surface area contributed by atoms with Gasteiger partial charge in [0.2, 0.25) is 0 Å². The molecule has 0 bridgehead atoms. The molecule has 0 aliphatic carbocycles. The van der Waals surface area contributed by atoms with Crippen LogP contribution in [0.2, 0.25) is 0 Å². The first kappa shape index (κ1) is 11.3. The van der Waals surface area contributed by atoms with Crippen LogP contribution >= 0.6 is 0 Å². The van der Waals surface area contributed by atoms with Crippen LogP contribution in [0.4, 0.5) is 5.69 Å². The molecule has 0 aromatic heterocycles. The third-order valence-corrected chi connectivity index (χ3v) is 2.38. The van der Waals surface area contributed by atoms with Gasteiger partial charge in [-0.25, -0.2) is 4.90 Å². The van der Waals surface area contributed by atoms with Crippen LogP contribution in [0.15, 0.2) is 42.5 Å². The number of aliphatic hydroxyl groups excluding tert-OH is 1. The Hall–Kier alpha value is -2.20. The minimum absolute atomic E-state index is 0.0191. The molecule has 0 spiro atoms. The lowest BCUT2D eigenvalue weighted by Crippen LogP contribution is -2.29. The average Bonchev–Trinajstić information content (AvgIpc) is 2.67. The fraction of sp³-hybridized carbons (Fsp3) is 0.0769. The van der Waals surface area contributed by atoms with Gasteiger partial charge < -0.3 is 5.11 Å². The van der Waals surface area contributed by atoms with Crippen molar-refractivity contribution >= 4 is 23.6 Å². The Labute approximate surface area is 98.5 Å². The van der Waals surface area contributed by atoms with E-state index in [0.29, 0.717) is 5.69 Å². The highest BCUT2D eigenvalue weighted by Gasteiger charge is 2.24. The van der Waals surface area contributed by atoms with Crippen LogP contribution in [-0.4, -0.2) is 23.5 Å². The van der Waals surface area contributed by atoms with Crippen LogP contribution in [0.3, 0.4) is 0 Å². The van der Waals surface area contributed by atoms with Gasteiger partial charge in [-0.15, -0.1) is 0 Å². The van der Waals surface area contributed by atoms with Gasteiger partial charge in [0, 0.05) is 12.2 Å². The van der Waals surface area contributed by atoms with Crippen molar-refractivity contribution in [3.05, 3.63) is 48.1 Å². The molecule has 1 N–H and O–H groups in total. The van der Waals surface area contributed by atoms with E-state index in [0.717, 1.165) is 10.5 Å². The van der Waals surface area contributed by atoms with E-state index in [1.807, 2.05) is 0 Å². The Kier molecular flexibility index (Phi) is 3.16. The summed E-state index contributed by atoms with van der Waals surface area (Å²) in [6.45, 7) is -0.0191. The topological polar surface area (TPSA) is 57.6 Å². The van der Waals surface area contributed by atoms with Crippen LogP contribution in [-0.2, 0) is 9.59 Å². The van der Waals surface area contributed by atoms with Gasteiger partial charge in [-0.2, -0.15) is 0 Å². The van der Waals surface area contributed by atoms with E-state index >= 15 is 0 Å². The van der Waals surface area contributed by atoms with E-state index in [9.17, 15) is 9.59 Å². The number of amides is 2. The molecule has 0 radical (unpaired) electrons. The molecule has 0 saturated carbocycles. The zero-order chi connectivity index (χ0) is 12.3. The van der Waals surface area contributed by atoms with Crippen LogP contribution < -0.4 is 4.90 Å². The summed E-state index contributed by atoms with van der Waals surface area (Å²) >= 11 is 0. The van der Waals surface area contributed by atoms with Crippen molar-refractivity contribution in [1.82, 2.24) is 0 Å². The van der Waals surface area contributed by atoms with E-state index < -0.39 is 0 Å². The van der Waals surface area contributed by atoms with Crippen molar-refractivity contribution in [2.75, 3.05) is 11.5 Å². The molecule has 0 saturated heterocycles. The molecule has 0 unspecified atom stereocenters. The van der Waals surface area contributed by atoms with Gasteiger partial charge in [-0.1, -0.05) is 24.3 Å². The van der Waals surface area contributed by atoms with Crippen molar-refractivity contribution in [3.63, 3.8) is 0 Å². The molecule has 1 aromatic carbocycles. The number of hydrogen-bond donors (Lipinski definition) is 1. The van der Waals surface area contributed by atoms with Crippen molar-refractivity contribution in [1.29, 1.82) is 0 Å². The number of carbonyl (C=O) groups excluding carboxylic acids is 2. The van der Waals surface area contributed by atoms with E-state index in [4.69, 9.17) is 5.11 Å². The molecule has 0 atom stereocenters. The number of imide groups is 1. The molecule has 1 heterocycles. The molecule has 2 rings (SSSR count). The molecular weight excluding hydrogens is 218 g/mol. The molecule has 1 aliphatic heterocycles. The maximum Gasteiger partial charge on any atom is 0.258 e. The van der Waals surface area contributed by atoms with E-state index in [-0.39, 0.29) is 18.4 Å². The number of rotatable bonds is 3. The van der Waals surface area contributed by atoms with Crippen LogP contribution in [0.25, 0.3) is 6.08 Å². The van der Waals surface area contributed by atoms with Crippen molar-refractivity contribution < 1.29 is 14.7 Å².